The lowest BCUT2D eigenvalue weighted by atomic mass is 10.1. The molecule has 1 heterocycles. The zero-order valence-electron chi connectivity index (χ0n) is 17.1. The molecular formula is C23H26N4O2. The van der Waals surface area contributed by atoms with E-state index in [4.69, 9.17) is 4.42 Å². The summed E-state index contributed by atoms with van der Waals surface area (Å²) in [7, 11) is 2.02. The summed E-state index contributed by atoms with van der Waals surface area (Å²) in [4.78, 5) is 14.3. The zero-order valence-corrected chi connectivity index (χ0v) is 17.1. The van der Waals surface area contributed by atoms with Crippen LogP contribution in [0.1, 0.15) is 53.2 Å². The Labute approximate surface area is 170 Å². The van der Waals surface area contributed by atoms with Gasteiger partial charge in [0.1, 0.15) is 0 Å². The molecule has 1 fully saturated rings. The van der Waals surface area contributed by atoms with Crippen molar-refractivity contribution >= 4 is 5.91 Å². The quantitative estimate of drug-likeness (QED) is 0.657. The normalized spacial score (nSPS) is 14.8. The number of benzene rings is 2. The second kappa shape index (κ2) is 8.17. The van der Waals surface area contributed by atoms with Gasteiger partial charge in [-0.1, -0.05) is 29.8 Å². The number of aromatic nitrogens is 2. The first-order valence-corrected chi connectivity index (χ1v) is 10.00. The molecule has 1 unspecified atom stereocenters. The summed E-state index contributed by atoms with van der Waals surface area (Å²) in [5.74, 6) is 1.13. The van der Waals surface area contributed by atoms with Gasteiger partial charge in [0.25, 0.3) is 5.91 Å². The lowest BCUT2D eigenvalue weighted by Gasteiger charge is -2.21. The van der Waals surface area contributed by atoms with Gasteiger partial charge in [-0.2, -0.15) is 0 Å². The summed E-state index contributed by atoms with van der Waals surface area (Å²) in [5.41, 5.74) is 3.91. The van der Waals surface area contributed by atoms with Crippen molar-refractivity contribution in [2.24, 2.45) is 0 Å². The molecule has 150 valence electrons. The first-order valence-electron chi connectivity index (χ1n) is 10.00. The van der Waals surface area contributed by atoms with Gasteiger partial charge in [-0.15, -0.1) is 10.2 Å². The largest absolute Gasteiger partial charge is 0.419 e. The van der Waals surface area contributed by atoms with Crippen LogP contribution in [0.15, 0.2) is 52.9 Å². The van der Waals surface area contributed by atoms with Gasteiger partial charge in [0.15, 0.2) is 0 Å². The Kier molecular flexibility index (Phi) is 5.45. The second-order valence-electron chi connectivity index (χ2n) is 7.85. The molecule has 1 amide bonds. The van der Waals surface area contributed by atoms with E-state index in [-0.39, 0.29) is 11.9 Å². The number of nitrogens with zero attached hydrogens (tertiary/aromatic N) is 3. The van der Waals surface area contributed by atoms with Crippen molar-refractivity contribution in [3.05, 3.63) is 71.1 Å². The summed E-state index contributed by atoms with van der Waals surface area (Å²) < 4.78 is 5.92. The molecule has 1 aromatic heterocycles. The third kappa shape index (κ3) is 4.71. The number of carbonyl (C=O) groups is 1. The van der Waals surface area contributed by atoms with Crippen LogP contribution in [0.3, 0.4) is 0 Å². The third-order valence-corrected chi connectivity index (χ3v) is 5.28. The molecule has 1 aliphatic carbocycles. The minimum atomic E-state index is -0.0288. The average molecular weight is 390 g/mol. The number of nitrogens with one attached hydrogen (secondary N) is 1. The Morgan fingerprint density at radius 3 is 2.66 bits per heavy atom. The monoisotopic (exact) mass is 390 g/mol. The van der Waals surface area contributed by atoms with Gasteiger partial charge < -0.3 is 9.73 Å². The van der Waals surface area contributed by atoms with Crippen molar-refractivity contribution in [3.8, 4) is 11.5 Å². The molecule has 0 spiro atoms. The smallest absolute Gasteiger partial charge is 0.251 e. The number of hydrogen-bond acceptors (Lipinski definition) is 5. The van der Waals surface area contributed by atoms with Gasteiger partial charge in [-0.25, -0.2) is 0 Å². The highest BCUT2D eigenvalue weighted by atomic mass is 16.4. The molecule has 3 aromatic rings. The third-order valence-electron chi connectivity index (χ3n) is 5.28. The average Bonchev–Trinajstić information content (AvgIpc) is 3.39. The summed E-state index contributed by atoms with van der Waals surface area (Å²) >= 11 is 0. The van der Waals surface area contributed by atoms with E-state index >= 15 is 0 Å². The summed E-state index contributed by atoms with van der Waals surface area (Å²) in [6.45, 7) is 4.80. The maximum atomic E-state index is 12.1. The Morgan fingerprint density at radius 1 is 1.21 bits per heavy atom. The van der Waals surface area contributed by atoms with E-state index in [9.17, 15) is 4.79 Å². The molecule has 29 heavy (non-hydrogen) atoms. The minimum Gasteiger partial charge on any atom is -0.419 e. The fourth-order valence-electron chi connectivity index (χ4n) is 3.17. The molecule has 6 nitrogen and oxygen atoms in total. The first kappa shape index (κ1) is 19.3. The van der Waals surface area contributed by atoms with Gasteiger partial charge in [-0.05, 0) is 63.6 Å². The van der Waals surface area contributed by atoms with Crippen LogP contribution in [0, 0.1) is 6.92 Å². The van der Waals surface area contributed by atoms with Crippen LogP contribution in [-0.4, -0.2) is 34.1 Å². The van der Waals surface area contributed by atoms with Crippen LogP contribution < -0.4 is 5.32 Å². The highest BCUT2D eigenvalue weighted by Gasteiger charge is 2.24. The summed E-state index contributed by atoms with van der Waals surface area (Å²) in [5, 5.41) is 11.5. The predicted molar refractivity (Wildman–Crippen MR) is 111 cm³/mol. The van der Waals surface area contributed by atoms with E-state index in [1.54, 1.807) is 0 Å². The molecule has 4 rings (SSSR count). The molecule has 0 bridgehead atoms. The molecule has 1 N–H and O–H groups in total. The summed E-state index contributed by atoms with van der Waals surface area (Å²) in [6, 6.07) is 16.1. The molecule has 0 aliphatic heterocycles. The van der Waals surface area contributed by atoms with E-state index in [0.717, 1.165) is 29.5 Å². The highest BCUT2D eigenvalue weighted by Crippen LogP contribution is 2.25. The van der Waals surface area contributed by atoms with Crippen LogP contribution in [0.25, 0.3) is 11.5 Å². The maximum Gasteiger partial charge on any atom is 0.251 e. The molecule has 1 saturated carbocycles. The Balaban J connectivity index is 1.39. The van der Waals surface area contributed by atoms with Crippen LogP contribution in [-0.2, 0) is 6.54 Å². The Bertz CT molecular complexity index is 992. The molecular weight excluding hydrogens is 364 g/mol. The van der Waals surface area contributed by atoms with Gasteiger partial charge in [0.05, 0.1) is 6.04 Å². The van der Waals surface area contributed by atoms with Crippen LogP contribution in [0.4, 0.5) is 0 Å². The van der Waals surface area contributed by atoms with Crippen LogP contribution >= 0.6 is 0 Å². The molecule has 0 saturated heterocycles. The molecule has 0 radical (unpaired) electrons. The fourth-order valence-corrected chi connectivity index (χ4v) is 3.17. The lowest BCUT2D eigenvalue weighted by molar-refractivity contribution is 0.0951. The topological polar surface area (TPSA) is 71.3 Å². The fraction of sp³-hybridized carbons (Fsp3) is 0.348. The number of hydrogen-bond donors (Lipinski definition) is 1. The standard InChI is InChI=1S/C23H26N4O2/c1-15-5-4-6-19(13-15)23-26-25-22(29-23)16(2)27(3)14-17-7-9-18(10-8-17)21(28)24-20-11-12-20/h4-10,13,16,20H,11-12,14H2,1-3H3,(H,24,28). The minimum absolute atomic E-state index is 0.00955. The van der Waals surface area contributed by atoms with Gasteiger partial charge in [-0.3, -0.25) is 9.69 Å². The van der Waals surface area contributed by atoms with Crippen LogP contribution in [0.2, 0.25) is 0 Å². The van der Waals surface area contributed by atoms with E-state index in [1.165, 1.54) is 0 Å². The second-order valence-corrected chi connectivity index (χ2v) is 7.85. The van der Waals surface area contributed by atoms with Crippen molar-refractivity contribution in [1.82, 2.24) is 20.4 Å². The van der Waals surface area contributed by atoms with Crippen molar-refractivity contribution < 1.29 is 9.21 Å². The van der Waals surface area contributed by atoms with E-state index in [0.29, 0.717) is 29.9 Å². The van der Waals surface area contributed by atoms with Crippen molar-refractivity contribution in [1.29, 1.82) is 0 Å². The van der Waals surface area contributed by atoms with Crippen molar-refractivity contribution in [2.45, 2.75) is 45.3 Å². The van der Waals surface area contributed by atoms with Gasteiger partial charge in [0.2, 0.25) is 11.8 Å². The van der Waals surface area contributed by atoms with E-state index in [1.807, 2.05) is 69.4 Å². The zero-order chi connectivity index (χ0) is 20.4. The molecule has 6 heteroatoms. The van der Waals surface area contributed by atoms with Gasteiger partial charge >= 0.3 is 0 Å². The number of rotatable bonds is 7. The number of amides is 1. The van der Waals surface area contributed by atoms with Crippen molar-refractivity contribution in [3.63, 3.8) is 0 Å². The van der Waals surface area contributed by atoms with Gasteiger partial charge in [0, 0.05) is 23.7 Å². The predicted octanol–water partition coefficient (Wildman–Crippen LogP) is 4.13. The lowest BCUT2D eigenvalue weighted by Crippen LogP contribution is -2.25. The first-order chi connectivity index (χ1) is 14.0. The molecule has 1 aliphatic rings. The Hall–Kier alpha value is -2.99. The number of carbonyl (C=O) groups excluding carboxylic acids is 1. The van der Waals surface area contributed by atoms with Crippen LogP contribution in [0.5, 0.6) is 0 Å². The van der Waals surface area contributed by atoms with E-state index < -0.39 is 0 Å². The number of aryl methyl sites for hydroxylation is 1. The highest BCUT2D eigenvalue weighted by molar-refractivity contribution is 5.94. The summed E-state index contributed by atoms with van der Waals surface area (Å²) in [6.07, 6.45) is 2.18. The van der Waals surface area contributed by atoms with E-state index in [2.05, 4.69) is 20.4 Å². The molecule has 2 aromatic carbocycles. The maximum absolute atomic E-state index is 12.1. The van der Waals surface area contributed by atoms with Crippen molar-refractivity contribution in [2.75, 3.05) is 7.05 Å². The SMILES string of the molecule is Cc1cccc(-c2nnc(C(C)N(C)Cc3ccc(C(=O)NC4CC4)cc3)o2)c1. The molecule has 1 atom stereocenters. The Morgan fingerprint density at radius 2 is 1.97 bits per heavy atom.